The van der Waals surface area contributed by atoms with Crippen molar-refractivity contribution in [1.82, 2.24) is 9.97 Å². The van der Waals surface area contributed by atoms with Gasteiger partial charge in [-0.25, -0.2) is 4.98 Å². The fraction of sp³-hybridized carbons (Fsp3) is 0.211. The van der Waals surface area contributed by atoms with Crippen LogP contribution in [0.4, 0.5) is 0 Å². The zero-order valence-corrected chi connectivity index (χ0v) is 13.4. The highest BCUT2D eigenvalue weighted by molar-refractivity contribution is 5.75. The Labute approximate surface area is 135 Å². The summed E-state index contributed by atoms with van der Waals surface area (Å²) >= 11 is 0. The van der Waals surface area contributed by atoms with Gasteiger partial charge in [-0.05, 0) is 48.7 Å². The van der Waals surface area contributed by atoms with Gasteiger partial charge >= 0.3 is 0 Å². The van der Waals surface area contributed by atoms with E-state index >= 15 is 0 Å². The number of aromatic nitrogens is 2. The normalized spacial score (nSPS) is 10.7. The number of nitrogens with one attached hydrogen (secondary N) is 1. The maximum Gasteiger partial charge on any atom is 0.161 e. The van der Waals surface area contributed by atoms with Crippen LogP contribution in [0.25, 0.3) is 11.0 Å². The molecule has 0 aliphatic carbocycles. The summed E-state index contributed by atoms with van der Waals surface area (Å²) in [7, 11) is 1.64. The Kier molecular flexibility index (Phi) is 4.33. The van der Waals surface area contributed by atoms with Crippen molar-refractivity contribution in [3.63, 3.8) is 0 Å². The molecular formula is C19H20N2O2. The highest BCUT2D eigenvalue weighted by Gasteiger charge is 2.08. The van der Waals surface area contributed by atoms with Crippen molar-refractivity contribution in [3.05, 3.63) is 66.0 Å². The third-order valence-corrected chi connectivity index (χ3v) is 3.66. The standard InChI is InChI=1S/C19H20N2O2/c1-4-5-14-7-9-17(18(11-14)22-3)23-12-19-20-15-8-6-13(2)10-16(15)21-19/h4,6-11H,1,5,12H2,2-3H3,(H,20,21). The Hall–Kier alpha value is -2.75. The smallest absolute Gasteiger partial charge is 0.161 e. The van der Waals surface area contributed by atoms with Gasteiger partial charge in [0.05, 0.1) is 18.1 Å². The number of methoxy groups -OCH3 is 1. The number of ether oxygens (including phenoxy) is 2. The van der Waals surface area contributed by atoms with E-state index in [1.165, 1.54) is 5.56 Å². The number of hydrogen-bond donors (Lipinski definition) is 1. The van der Waals surface area contributed by atoms with Gasteiger partial charge in [-0.15, -0.1) is 6.58 Å². The quantitative estimate of drug-likeness (QED) is 0.695. The third kappa shape index (κ3) is 3.37. The van der Waals surface area contributed by atoms with Crippen LogP contribution in [0, 0.1) is 6.92 Å². The van der Waals surface area contributed by atoms with Crippen molar-refractivity contribution in [2.45, 2.75) is 20.0 Å². The van der Waals surface area contributed by atoms with E-state index in [0.29, 0.717) is 12.4 Å². The lowest BCUT2D eigenvalue weighted by atomic mass is 10.1. The number of hydrogen-bond acceptors (Lipinski definition) is 3. The molecule has 0 bridgehead atoms. The summed E-state index contributed by atoms with van der Waals surface area (Å²) in [6.07, 6.45) is 2.67. The van der Waals surface area contributed by atoms with Crippen LogP contribution in [0.1, 0.15) is 17.0 Å². The molecule has 3 rings (SSSR count). The van der Waals surface area contributed by atoms with Crippen LogP contribution in [0.3, 0.4) is 0 Å². The summed E-state index contributed by atoms with van der Waals surface area (Å²) < 4.78 is 11.3. The minimum atomic E-state index is 0.366. The summed E-state index contributed by atoms with van der Waals surface area (Å²) in [6.45, 7) is 6.18. The molecule has 0 fully saturated rings. The average molecular weight is 308 g/mol. The van der Waals surface area contributed by atoms with Crippen LogP contribution >= 0.6 is 0 Å². The highest BCUT2D eigenvalue weighted by Crippen LogP contribution is 2.29. The zero-order valence-electron chi connectivity index (χ0n) is 13.4. The van der Waals surface area contributed by atoms with E-state index in [4.69, 9.17) is 9.47 Å². The Bertz CT molecular complexity index is 837. The SMILES string of the molecule is C=CCc1ccc(OCc2nc3ccc(C)cc3[nH]2)c(OC)c1. The monoisotopic (exact) mass is 308 g/mol. The summed E-state index contributed by atoms with van der Waals surface area (Å²) in [5.74, 6) is 2.22. The highest BCUT2D eigenvalue weighted by atomic mass is 16.5. The second-order valence-electron chi connectivity index (χ2n) is 5.47. The number of rotatable bonds is 6. The first-order valence-corrected chi connectivity index (χ1v) is 7.55. The molecule has 0 amide bonds. The molecule has 0 unspecified atom stereocenters. The van der Waals surface area contributed by atoms with Gasteiger partial charge in [-0.3, -0.25) is 0 Å². The van der Waals surface area contributed by atoms with E-state index < -0.39 is 0 Å². The molecule has 23 heavy (non-hydrogen) atoms. The second kappa shape index (κ2) is 6.57. The predicted molar refractivity (Wildman–Crippen MR) is 92.1 cm³/mol. The number of H-pyrrole nitrogens is 1. The molecular weight excluding hydrogens is 288 g/mol. The number of fused-ring (bicyclic) bond motifs is 1. The van der Waals surface area contributed by atoms with Crippen molar-refractivity contribution in [2.24, 2.45) is 0 Å². The van der Waals surface area contributed by atoms with E-state index in [2.05, 4.69) is 35.6 Å². The molecule has 0 saturated carbocycles. The average Bonchev–Trinajstić information content (AvgIpc) is 2.95. The topological polar surface area (TPSA) is 47.1 Å². The summed E-state index contributed by atoms with van der Waals surface area (Å²) in [6, 6.07) is 12.0. The minimum Gasteiger partial charge on any atom is -0.493 e. The number of imidazole rings is 1. The van der Waals surface area contributed by atoms with E-state index in [1.54, 1.807) is 7.11 Å². The van der Waals surface area contributed by atoms with Crippen LogP contribution in [-0.4, -0.2) is 17.1 Å². The van der Waals surface area contributed by atoms with Crippen molar-refractivity contribution < 1.29 is 9.47 Å². The van der Waals surface area contributed by atoms with E-state index in [9.17, 15) is 0 Å². The van der Waals surface area contributed by atoms with Crippen LogP contribution < -0.4 is 9.47 Å². The van der Waals surface area contributed by atoms with Crippen molar-refractivity contribution in [3.8, 4) is 11.5 Å². The van der Waals surface area contributed by atoms with E-state index in [0.717, 1.165) is 34.6 Å². The molecule has 0 aliphatic rings. The first-order valence-electron chi connectivity index (χ1n) is 7.55. The van der Waals surface area contributed by atoms with Gasteiger partial charge in [0, 0.05) is 0 Å². The molecule has 4 nitrogen and oxygen atoms in total. The van der Waals surface area contributed by atoms with Crippen LogP contribution in [0.2, 0.25) is 0 Å². The fourth-order valence-corrected chi connectivity index (χ4v) is 2.52. The molecule has 1 N–H and O–H groups in total. The lowest BCUT2D eigenvalue weighted by Crippen LogP contribution is -2.00. The molecule has 1 heterocycles. The Balaban J connectivity index is 1.77. The molecule has 3 aromatic rings. The van der Waals surface area contributed by atoms with Gasteiger partial charge in [0.15, 0.2) is 11.5 Å². The second-order valence-corrected chi connectivity index (χ2v) is 5.47. The van der Waals surface area contributed by atoms with Gasteiger partial charge in [0.2, 0.25) is 0 Å². The first kappa shape index (κ1) is 15.2. The van der Waals surface area contributed by atoms with Crippen molar-refractivity contribution in [1.29, 1.82) is 0 Å². The Morgan fingerprint density at radius 2 is 2.04 bits per heavy atom. The Morgan fingerprint density at radius 3 is 2.83 bits per heavy atom. The molecule has 4 heteroatoms. The van der Waals surface area contributed by atoms with Crippen molar-refractivity contribution in [2.75, 3.05) is 7.11 Å². The molecule has 0 spiro atoms. The van der Waals surface area contributed by atoms with Gasteiger partial charge in [0.1, 0.15) is 12.4 Å². The number of aryl methyl sites for hydroxylation is 1. The molecule has 0 saturated heterocycles. The molecule has 0 radical (unpaired) electrons. The first-order chi connectivity index (χ1) is 11.2. The third-order valence-electron chi connectivity index (χ3n) is 3.66. The summed E-state index contributed by atoms with van der Waals surface area (Å²) in [5.41, 5.74) is 4.32. The van der Waals surface area contributed by atoms with Gasteiger partial charge in [-0.2, -0.15) is 0 Å². The fourth-order valence-electron chi connectivity index (χ4n) is 2.52. The van der Waals surface area contributed by atoms with Crippen molar-refractivity contribution >= 4 is 11.0 Å². The van der Waals surface area contributed by atoms with Crippen LogP contribution in [0.15, 0.2) is 49.1 Å². The summed E-state index contributed by atoms with van der Waals surface area (Å²) in [4.78, 5) is 7.82. The number of benzene rings is 2. The molecule has 0 aliphatic heterocycles. The summed E-state index contributed by atoms with van der Waals surface area (Å²) in [5, 5.41) is 0. The minimum absolute atomic E-state index is 0.366. The number of nitrogens with zero attached hydrogens (tertiary/aromatic N) is 1. The zero-order chi connectivity index (χ0) is 16.2. The lowest BCUT2D eigenvalue weighted by molar-refractivity contribution is 0.277. The van der Waals surface area contributed by atoms with Crippen LogP contribution in [-0.2, 0) is 13.0 Å². The Morgan fingerprint density at radius 1 is 1.17 bits per heavy atom. The number of allylic oxidation sites excluding steroid dienone is 1. The molecule has 2 aromatic carbocycles. The van der Waals surface area contributed by atoms with E-state index in [1.807, 2.05) is 30.3 Å². The molecule has 1 aromatic heterocycles. The van der Waals surface area contributed by atoms with Gasteiger partial charge < -0.3 is 14.5 Å². The van der Waals surface area contributed by atoms with E-state index in [-0.39, 0.29) is 0 Å². The lowest BCUT2D eigenvalue weighted by Gasteiger charge is -2.10. The predicted octanol–water partition coefficient (Wildman–Crippen LogP) is 4.19. The maximum absolute atomic E-state index is 5.86. The van der Waals surface area contributed by atoms with Crippen LogP contribution in [0.5, 0.6) is 11.5 Å². The number of aromatic amines is 1. The van der Waals surface area contributed by atoms with Gasteiger partial charge in [-0.1, -0.05) is 18.2 Å². The van der Waals surface area contributed by atoms with Gasteiger partial charge in [0.25, 0.3) is 0 Å². The maximum atomic E-state index is 5.86. The largest absolute Gasteiger partial charge is 0.493 e. The molecule has 118 valence electrons. The molecule has 0 atom stereocenters.